The van der Waals surface area contributed by atoms with Crippen LogP contribution in [0.5, 0.6) is 0 Å². The summed E-state index contributed by atoms with van der Waals surface area (Å²) < 4.78 is 1.96. The summed E-state index contributed by atoms with van der Waals surface area (Å²) in [6, 6.07) is 4.32. The quantitative estimate of drug-likeness (QED) is 0.783. The fraction of sp³-hybridized carbons (Fsp3) is 0.611. The van der Waals surface area contributed by atoms with Crippen molar-refractivity contribution in [3.63, 3.8) is 0 Å². The summed E-state index contributed by atoms with van der Waals surface area (Å²) in [4.78, 5) is 13.4. The maximum Gasteiger partial charge on any atom is 0.230 e. The van der Waals surface area contributed by atoms with Gasteiger partial charge in [0.1, 0.15) is 0 Å². The molecule has 25 heavy (non-hydrogen) atoms. The maximum absolute atomic E-state index is 12.3. The summed E-state index contributed by atoms with van der Waals surface area (Å²) in [7, 11) is 1.95. The standard InChI is InChI=1S/C18H24N4OS2/c1-11(14-9-12-5-6-13(14)8-12)19-16(23)10-25-18-21-20-17(22(18)2)15-4-3-7-24-15/h3-4,7,11-14H,5-6,8-10H2,1-2H3,(H,19,23). The molecule has 0 radical (unpaired) electrons. The molecular weight excluding hydrogens is 352 g/mol. The molecule has 2 aliphatic rings. The summed E-state index contributed by atoms with van der Waals surface area (Å²) in [6.45, 7) is 2.17. The molecule has 0 aliphatic heterocycles. The molecule has 0 spiro atoms. The predicted molar refractivity (Wildman–Crippen MR) is 102 cm³/mol. The van der Waals surface area contributed by atoms with Gasteiger partial charge in [0.2, 0.25) is 5.91 Å². The van der Waals surface area contributed by atoms with Crippen LogP contribution in [-0.4, -0.2) is 32.5 Å². The zero-order valence-electron chi connectivity index (χ0n) is 14.6. The number of thioether (sulfide) groups is 1. The van der Waals surface area contributed by atoms with Gasteiger partial charge in [0.25, 0.3) is 0 Å². The number of rotatable bonds is 6. The average Bonchev–Trinajstić information content (AvgIpc) is 3.37. The Labute approximate surface area is 156 Å². The number of thiophene rings is 1. The Morgan fingerprint density at radius 2 is 2.32 bits per heavy atom. The second-order valence-electron chi connectivity index (χ2n) is 7.33. The Kier molecular flexibility index (Phi) is 4.86. The molecule has 2 fully saturated rings. The number of hydrogen-bond acceptors (Lipinski definition) is 5. The maximum atomic E-state index is 12.3. The molecule has 2 aromatic heterocycles. The van der Waals surface area contributed by atoms with E-state index in [9.17, 15) is 4.79 Å². The van der Waals surface area contributed by atoms with E-state index in [-0.39, 0.29) is 11.9 Å². The number of fused-ring (bicyclic) bond motifs is 2. The van der Waals surface area contributed by atoms with E-state index >= 15 is 0 Å². The Bertz CT molecular complexity index is 742. The van der Waals surface area contributed by atoms with Gasteiger partial charge < -0.3 is 9.88 Å². The van der Waals surface area contributed by atoms with Crippen molar-refractivity contribution < 1.29 is 4.79 Å². The molecule has 2 bridgehead atoms. The van der Waals surface area contributed by atoms with Crippen LogP contribution in [0.1, 0.15) is 32.6 Å². The molecule has 2 aliphatic carbocycles. The van der Waals surface area contributed by atoms with Crippen LogP contribution in [0, 0.1) is 17.8 Å². The minimum atomic E-state index is 0.0981. The summed E-state index contributed by atoms with van der Waals surface area (Å²) in [5, 5.41) is 14.5. The molecule has 134 valence electrons. The average molecular weight is 377 g/mol. The van der Waals surface area contributed by atoms with E-state index in [0.29, 0.717) is 11.7 Å². The highest BCUT2D eigenvalue weighted by atomic mass is 32.2. The lowest BCUT2D eigenvalue weighted by atomic mass is 9.84. The number of carbonyl (C=O) groups excluding carboxylic acids is 1. The molecule has 4 atom stereocenters. The van der Waals surface area contributed by atoms with Crippen LogP contribution in [0.25, 0.3) is 10.7 Å². The van der Waals surface area contributed by atoms with Gasteiger partial charge in [-0.1, -0.05) is 24.2 Å². The van der Waals surface area contributed by atoms with E-state index in [1.807, 2.05) is 29.1 Å². The third-order valence-corrected chi connectivity index (χ3v) is 7.62. The van der Waals surface area contributed by atoms with E-state index in [0.717, 1.165) is 27.7 Å². The number of nitrogens with zero attached hydrogens (tertiary/aromatic N) is 3. The second-order valence-corrected chi connectivity index (χ2v) is 9.22. The van der Waals surface area contributed by atoms with E-state index in [1.165, 1.54) is 37.4 Å². The van der Waals surface area contributed by atoms with E-state index in [4.69, 9.17) is 0 Å². The third kappa shape index (κ3) is 3.49. The van der Waals surface area contributed by atoms with Crippen LogP contribution in [0.2, 0.25) is 0 Å². The first-order valence-electron chi connectivity index (χ1n) is 8.97. The summed E-state index contributed by atoms with van der Waals surface area (Å²) in [5.41, 5.74) is 0. The summed E-state index contributed by atoms with van der Waals surface area (Å²) in [5.74, 6) is 3.77. The zero-order valence-corrected chi connectivity index (χ0v) is 16.3. The summed E-state index contributed by atoms with van der Waals surface area (Å²) >= 11 is 3.10. The Hall–Kier alpha value is -1.34. The number of amides is 1. The van der Waals surface area contributed by atoms with Gasteiger partial charge in [-0.25, -0.2) is 0 Å². The number of aromatic nitrogens is 3. The van der Waals surface area contributed by atoms with Crippen molar-refractivity contribution in [3.05, 3.63) is 17.5 Å². The molecule has 0 saturated heterocycles. The van der Waals surface area contributed by atoms with Crippen molar-refractivity contribution in [2.45, 2.75) is 43.8 Å². The van der Waals surface area contributed by atoms with Crippen LogP contribution in [0.15, 0.2) is 22.7 Å². The number of nitrogens with one attached hydrogen (secondary N) is 1. The highest BCUT2D eigenvalue weighted by Crippen LogP contribution is 2.49. The van der Waals surface area contributed by atoms with Crippen molar-refractivity contribution in [1.82, 2.24) is 20.1 Å². The zero-order chi connectivity index (χ0) is 17.4. The van der Waals surface area contributed by atoms with Gasteiger partial charge in [-0.05, 0) is 55.4 Å². The first-order valence-corrected chi connectivity index (χ1v) is 10.8. The van der Waals surface area contributed by atoms with Gasteiger partial charge in [-0.3, -0.25) is 4.79 Å². The minimum absolute atomic E-state index is 0.0981. The highest BCUT2D eigenvalue weighted by Gasteiger charge is 2.42. The molecule has 4 unspecified atom stereocenters. The van der Waals surface area contributed by atoms with E-state index in [2.05, 4.69) is 22.4 Å². The fourth-order valence-electron chi connectivity index (χ4n) is 4.50. The van der Waals surface area contributed by atoms with Crippen LogP contribution < -0.4 is 5.32 Å². The lowest BCUT2D eigenvalue weighted by Gasteiger charge is -2.28. The Morgan fingerprint density at radius 3 is 3.00 bits per heavy atom. The minimum Gasteiger partial charge on any atom is -0.353 e. The molecule has 1 amide bonds. The van der Waals surface area contributed by atoms with Gasteiger partial charge >= 0.3 is 0 Å². The first-order chi connectivity index (χ1) is 12.1. The molecule has 1 N–H and O–H groups in total. The lowest BCUT2D eigenvalue weighted by molar-refractivity contribution is -0.119. The normalized spacial score (nSPS) is 26.1. The van der Waals surface area contributed by atoms with Crippen molar-refractivity contribution in [2.75, 3.05) is 5.75 Å². The number of carbonyl (C=O) groups is 1. The van der Waals surface area contributed by atoms with E-state index in [1.54, 1.807) is 11.3 Å². The van der Waals surface area contributed by atoms with Crippen LogP contribution in [0.3, 0.4) is 0 Å². The highest BCUT2D eigenvalue weighted by molar-refractivity contribution is 7.99. The van der Waals surface area contributed by atoms with Gasteiger partial charge in [-0.2, -0.15) is 0 Å². The summed E-state index contributed by atoms with van der Waals surface area (Å²) in [6.07, 6.45) is 5.43. The monoisotopic (exact) mass is 376 g/mol. The molecule has 2 aromatic rings. The molecule has 5 nitrogen and oxygen atoms in total. The van der Waals surface area contributed by atoms with Crippen molar-refractivity contribution in [1.29, 1.82) is 0 Å². The molecular formula is C18H24N4OS2. The molecule has 0 aromatic carbocycles. The fourth-order valence-corrected chi connectivity index (χ4v) is 5.97. The second kappa shape index (κ2) is 7.11. The SMILES string of the molecule is CC(NC(=O)CSc1nnc(-c2cccs2)n1C)C1CC2CCC1C2. The van der Waals surface area contributed by atoms with Gasteiger partial charge in [0, 0.05) is 13.1 Å². The van der Waals surface area contributed by atoms with Crippen molar-refractivity contribution >= 4 is 29.0 Å². The van der Waals surface area contributed by atoms with Gasteiger partial charge in [-0.15, -0.1) is 21.5 Å². The predicted octanol–water partition coefficient (Wildman–Crippen LogP) is 3.58. The van der Waals surface area contributed by atoms with E-state index < -0.39 is 0 Å². The van der Waals surface area contributed by atoms with Crippen molar-refractivity contribution in [2.24, 2.45) is 24.8 Å². The van der Waals surface area contributed by atoms with Crippen LogP contribution in [-0.2, 0) is 11.8 Å². The molecule has 2 saturated carbocycles. The van der Waals surface area contributed by atoms with Gasteiger partial charge in [0.05, 0.1) is 10.6 Å². The molecule has 7 heteroatoms. The van der Waals surface area contributed by atoms with Crippen LogP contribution in [0.4, 0.5) is 0 Å². The smallest absolute Gasteiger partial charge is 0.230 e. The van der Waals surface area contributed by atoms with Crippen molar-refractivity contribution in [3.8, 4) is 10.7 Å². The largest absolute Gasteiger partial charge is 0.353 e. The van der Waals surface area contributed by atoms with Gasteiger partial charge in [0.15, 0.2) is 11.0 Å². The lowest BCUT2D eigenvalue weighted by Crippen LogP contribution is -2.40. The Balaban J connectivity index is 1.30. The third-order valence-electron chi connectivity index (χ3n) is 5.73. The first kappa shape index (κ1) is 17.1. The Morgan fingerprint density at radius 1 is 1.44 bits per heavy atom. The topological polar surface area (TPSA) is 59.8 Å². The van der Waals surface area contributed by atoms with Crippen LogP contribution >= 0.6 is 23.1 Å². The molecule has 4 rings (SSSR count). The molecule has 2 heterocycles. The number of hydrogen-bond donors (Lipinski definition) is 1.